The molecule has 0 spiro atoms. The van der Waals surface area contributed by atoms with Crippen LogP contribution in [0.15, 0.2) is 29.2 Å². The Morgan fingerprint density at radius 3 is 1.94 bits per heavy atom. The summed E-state index contributed by atoms with van der Waals surface area (Å²) < 4.78 is 23.9. The smallest absolute Gasteiger partial charge is 0.178 e. The minimum atomic E-state index is -3.23. The molecule has 0 saturated carbocycles. The van der Waals surface area contributed by atoms with E-state index in [0.29, 0.717) is 5.56 Å². The first-order valence-electron chi connectivity index (χ1n) is 6.11. The van der Waals surface area contributed by atoms with Crippen molar-refractivity contribution in [1.82, 2.24) is 0 Å². The van der Waals surface area contributed by atoms with E-state index in [1.165, 1.54) is 12.1 Å². The van der Waals surface area contributed by atoms with Gasteiger partial charge in [0.1, 0.15) is 0 Å². The summed E-state index contributed by atoms with van der Waals surface area (Å²) in [7, 11) is -3.23. The van der Waals surface area contributed by atoms with Gasteiger partial charge in [-0.1, -0.05) is 39.8 Å². The summed E-state index contributed by atoms with van der Waals surface area (Å²) >= 11 is 0. The van der Waals surface area contributed by atoms with Crippen LogP contribution < -0.4 is 0 Å². The first-order chi connectivity index (χ1) is 8.24. The Morgan fingerprint density at radius 1 is 1.06 bits per heavy atom. The molecule has 0 heterocycles. The largest absolute Gasteiger partial charge is 0.294 e. The Labute approximate surface area is 109 Å². The van der Waals surface area contributed by atoms with E-state index in [0.717, 1.165) is 0 Å². The number of benzene rings is 1. The van der Waals surface area contributed by atoms with E-state index in [-0.39, 0.29) is 28.3 Å². The van der Waals surface area contributed by atoms with Crippen LogP contribution in [0.3, 0.4) is 0 Å². The number of carbonyl (C=O) groups is 1. The Bertz CT molecular complexity index is 510. The molecule has 100 valence electrons. The summed E-state index contributed by atoms with van der Waals surface area (Å²) in [5.41, 5.74) is 0.563. The molecular formula is C14H20O3S. The lowest BCUT2D eigenvalue weighted by Crippen LogP contribution is -2.12. The van der Waals surface area contributed by atoms with Gasteiger partial charge in [0.2, 0.25) is 0 Å². The highest BCUT2D eigenvalue weighted by atomic mass is 32.2. The van der Waals surface area contributed by atoms with E-state index in [1.54, 1.807) is 12.1 Å². The van der Waals surface area contributed by atoms with Gasteiger partial charge in [-0.25, -0.2) is 8.42 Å². The first-order valence-corrected chi connectivity index (χ1v) is 7.76. The molecule has 3 nitrogen and oxygen atoms in total. The molecule has 0 radical (unpaired) electrons. The molecule has 0 aromatic heterocycles. The number of hydrogen-bond acceptors (Lipinski definition) is 3. The number of carbonyl (C=O) groups excluding carboxylic acids is 1. The molecule has 0 aliphatic carbocycles. The van der Waals surface area contributed by atoms with Crippen LogP contribution in [0.5, 0.6) is 0 Å². The predicted octanol–water partition coefficient (Wildman–Crippen LogP) is 2.96. The summed E-state index contributed by atoms with van der Waals surface area (Å²) in [6, 6.07) is 6.23. The van der Waals surface area contributed by atoms with Crippen molar-refractivity contribution in [2.45, 2.75) is 32.6 Å². The molecule has 4 heteroatoms. The molecule has 18 heavy (non-hydrogen) atoms. The number of ketones is 1. The maximum Gasteiger partial charge on any atom is 0.178 e. The highest BCUT2D eigenvalue weighted by Gasteiger charge is 2.17. The molecular weight excluding hydrogens is 248 g/mol. The molecule has 0 aliphatic rings. The third-order valence-corrected chi connectivity index (χ3v) is 4.67. The lowest BCUT2D eigenvalue weighted by molar-refractivity contribution is 0.0939. The molecule has 1 aromatic carbocycles. The molecule has 1 aromatic rings. The average molecular weight is 268 g/mol. The van der Waals surface area contributed by atoms with Gasteiger partial charge in [-0.15, -0.1) is 0 Å². The van der Waals surface area contributed by atoms with E-state index in [2.05, 4.69) is 0 Å². The Hall–Kier alpha value is -1.16. The SMILES string of the molecule is CC(C)CS(=O)(=O)c1ccc(C(=O)C(C)C)cc1. The molecule has 0 amide bonds. The number of sulfone groups is 1. The summed E-state index contributed by atoms with van der Waals surface area (Å²) in [4.78, 5) is 12.0. The van der Waals surface area contributed by atoms with Crippen molar-refractivity contribution in [1.29, 1.82) is 0 Å². The van der Waals surface area contributed by atoms with Crippen LogP contribution in [0.2, 0.25) is 0 Å². The van der Waals surface area contributed by atoms with Gasteiger partial charge in [-0.2, -0.15) is 0 Å². The lowest BCUT2D eigenvalue weighted by atomic mass is 10.0. The van der Waals surface area contributed by atoms with E-state index >= 15 is 0 Å². The highest BCUT2D eigenvalue weighted by Crippen LogP contribution is 2.16. The minimum absolute atomic E-state index is 0.0304. The van der Waals surface area contributed by atoms with Crippen LogP contribution in [0.1, 0.15) is 38.1 Å². The predicted molar refractivity (Wildman–Crippen MR) is 72.5 cm³/mol. The van der Waals surface area contributed by atoms with E-state index in [4.69, 9.17) is 0 Å². The summed E-state index contributed by atoms with van der Waals surface area (Å²) in [5.74, 6) is 0.169. The zero-order chi connectivity index (χ0) is 13.9. The molecule has 0 bridgehead atoms. The molecule has 0 saturated heterocycles. The maximum atomic E-state index is 12.0. The fraction of sp³-hybridized carbons (Fsp3) is 0.500. The first kappa shape index (κ1) is 14.9. The fourth-order valence-electron chi connectivity index (χ4n) is 1.69. The zero-order valence-electron chi connectivity index (χ0n) is 11.3. The fourth-order valence-corrected chi connectivity index (χ4v) is 3.32. The normalized spacial score (nSPS) is 12.1. The average Bonchev–Trinajstić information content (AvgIpc) is 2.26. The zero-order valence-corrected chi connectivity index (χ0v) is 12.1. The number of rotatable bonds is 5. The Morgan fingerprint density at radius 2 is 1.56 bits per heavy atom. The molecule has 0 unspecified atom stereocenters. The lowest BCUT2D eigenvalue weighted by Gasteiger charge is -2.08. The van der Waals surface area contributed by atoms with Crippen LogP contribution >= 0.6 is 0 Å². The van der Waals surface area contributed by atoms with Gasteiger partial charge < -0.3 is 0 Å². The number of Topliss-reactive ketones (excluding diaryl/α,β-unsaturated/α-hetero) is 1. The molecule has 0 aliphatic heterocycles. The van der Waals surface area contributed by atoms with Crippen LogP contribution in [-0.2, 0) is 9.84 Å². The van der Waals surface area contributed by atoms with Gasteiger partial charge in [-0.3, -0.25) is 4.79 Å². The monoisotopic (exact) mass is 268 g/mol. The van der Waals surface area contributed by atoms with E-state index in [1.807, 2.05) is 27.7 Å². The van der Waals surface area contributed by atoms with Gasteiger partial charge >= 0.3 is 0 Å². The van der Waals surface area contributed by atoms with Gasteiger partial charge in [0.15, 0.2) is 15.6 Å². The molecule has 0 fully saturated rings. The van der Waals surface area contributed by atoms with E-state index in [9.17, 15) is 13.2 Å². The second-order valence-corrected chi connectivity index (χ2v) is 7.25. The highest BCUT2D eigenvalue weighted by molar-refractivity contribution is 7.91. The van der Waals surface area contributed by atoms with Crippen molar-refractivity contribution in [2.24, 2.45) is 11.8 Å². The third kappa shape index (κ3) is 3.67. The Balaban J connectivity index is 3.00. The van der Waals surface area contributed by atoms with Crippen molar-refractivity contribution in [3.8, 4) is 0 Å². The van der Waals surface area contributed by atoms with Gasteiger partial charge in [0.25, 0.3) is 0 Å². The van der Waals surface area contributed by atoms with Gasteiger partial charge in [0, 0.05) is 11.5 Å². The molecule has 0 atom stereocenters. The van der Waals surface area contributed by atoms with Crippen molar-refractivity contribution in [2.75, 3.05) is 5.75 Å². The van der Waals surface area contributed by atoms with Crippen molar-refractivity contribution in [3.05, 3.63) is 29.8 Å². The number of hydrogen-bond donors (Lipinski definition) is 0. The topological polar surface area (TPSA) is 51.2 Å². The van der Waals surface area contributed by atoms with Crippen LogP contribution in [0.25, 0.3) is 0 Å². The molecule has 0 N–H and O–H groups in total. The standard InChI is InChI=1S/C14H20O3S/c1-10(2)9-18(16,17)13-7-5-12(6-8-13)14(15)11(3)4/h5-8,10-11H,9H2,1-4H3. The van der Waals surface area contributed by atoms with Crippen LogP contribution in [0, 0.1) is 11.8 Å². The van der Waals surface area contributed by atoms with Crippen LogP contribution in [0.4, 0.5) is 0 Å². The minimum Gasteiger partial charge on any atom is -0.294 e. The third-order valence-electron chi connectivity index (χ3n) is 2.58. The van der Waals surface area contributed by atoms with Crippen molar-refractivity contribution < 1.29 is 13.2 Å². The summed E-state index contributed by atoms with van der Waals surface area (Å²) in [6.07, 6.45) is 0. The van der Waals surface area contributed by atoms with E-state index < -0.39 is 9.84 Å². The quantitative estimate of drug-likeness (QED) is 0.771. The Kier molecular flexibility index (Phi) is 4.68. The molecule has 1 rings (SSSR count). The second kappa shape index (κ2) is 5.65. The van der Waals surface area contributed by atoms with Gasteiger partial charge in [-0.05, 0) is 18.1 Å². The van der Waals surface area contributed by atoms with Gasteiger partial charge in [0.05, 0.1) is 10.6 Å². The maximum absolute atomic E-state index is 12.0. The second-order valence-electron chi connectivity index (χ2n) is 5.22. The van der Waals surface area contributed by atoms with Crippen LogP contribution in [-0.4, -0.2) is 20.0 Å². The summed E-state index contributed by atoms with van der Waals surface area (Å²) in [5, 5.41) is 0. The van der Waals surface area contributed by atoms with Crippen molar-refractivity contribution in [3.63, 3.8) is 0 Å². The van der Waals surface area contributed by atoms with Crippen molar-refractivity contribution >= 4 is 15.6 Å². The summed E-state index contributed by atoms with van der Waals surface area (Å²) in [6.45, 7) is 7.39.